The van der Waals surface area contributed by atoms with Crippen LogP contribution in [0.4, 0.5) is 0 Å². The molecule has 1 amide bonds. The van der Waals surface area contributed by atoms with Gasteiger partial charge in [0.05, 0.1) is 12.4 Å². The molecule has 2 aromatic rings. The van der Waals surface area contributed by atoms with E-state index in [-0.39, 0.29) is 5.91 Å². The summed E-state index contributed by atoms with van der Waals surface area (Å²) < 4.78 is 10.4. The Bertz CT molecular complexity index is 612. The minimum atomic E-state index is 0.0355. The molecule has 1 aliphatic rings. The lowest BCUT2D eigenvalue weighted by atomic mass is 10.1. The molecule has 7 heteroatoms. The van der Waals surface area contributed by atoms with Crippen LogP contribution in [0.25, 0.3) is 11.4 Å². The Morgan fingerprint density at radius 3 is 3.05 bits per heavy atom. The fourth-order valence-corrected chi connectivity index (χ4v) is 3.60. The highest BCUT2D eigenvalue weighted by Crippen LogP contribution is 2.24. The molecule has 22 heavy (non-hydrogen) atoms. The zero-order valence-electron chi connectivity index (χ0n) is 12.0. The zero-order valence-corrected chi connectivity index (χ0v) is 13.7. The van der Waals surface area contributed by atoms with Gasteiger partial charge in [-0.2, -0.15) is 4.37 Å². The van der Waals surface area contributed by atoms with Gasteiger partial charge in [-0.3, -0.25) is 4.79 Å². The third kappa shape index (κ3) is 4.28. The smallest absolute Gasteiger partial charge is 0.230 e. The first-order chi connectivity index (χ1) is 10.8. The van der Waals surface area contributed by atoms with Gasteiger partial charge in [-0.15, -0.1) is 0 Å². The van der Waals surface area contributed by atoms with E-state index in [0.29, 0.717) is 18.2 Å². The van der Waals surface area contributed by atoms with E-state index in [1.807, 2.05) is 30.3 Å². The highest BCUT2D eigenvalue weighted by atomic mass is 32.2. The third-order valence-corrected chi connectivity index (χ3v) is 5.21. The zero-order chi connectivity index (χ0) is 15.2. The van der Waals surface area contributed by atoms with Crippen molar-refractivity contribution in [2.75, 3.05) is 25.5 Å². The van der Waals surface area contributed by atoms with Crippen molar-refractivity contribution in [3.05, 3.63) is 30.3 Å². The topological polar surface area (TPSA) is 64.1 Å². The average Bonchev–Trinajstić information content (AvgIpc) is 3.23. The number of hydrogen-bond acceptors (Lipinski definition) is 6. The van der Waals surface area contributed by atoms with E-state index in [0.717, 1.165) is 35.4 Å². The van der Waals surface area contributed by atoms with Crippen LogP contribution in [0.5, 0.6) is 0 Å². The average molecular weight is 335 g/mol. The maximum atomic E-state index is 11.8. The van der Waals surface area contributed by atoms with E-state index in [2.05, 4.69) is 14.7 Å². The summed E-state index contributed by atoms with van der Waals surface area (Å²) in [5, 5.41) is 2.95. The molecule has 0 radical (unpaired) electrons. The second kappa shape index (κ2) is 7.71. The first-order valence-electron chi connectivity index (χ1n) is 7.17. The Hall–Kier alpha value is -1.44. The second-order valence-corrected chi connectivity index (χ2v) is 7.05. The molecule has 0 unspecified atom stereocenters. The minimum absolute atomic E-state index is 0.0355. The van der Waals surface area contributed by atoms with Crippen LogP contribution in [0.15, 0.2) is 34.7 Å². The summed E-state index contributed by atoms with van der Waals surface area (Å²) in [6, 6.07) is 9.84. The van der Waals surface area contributed by atoms with Gasteiger partial charge in [0.25, 0.3) is 0 Å². The van der Waals surface area contributed by atoms with E-state index in [4.69, 9.17) is 4.74 Å². The molecule has 1 N–H and O–H groups in total. The predicted octanol–water partition coefficient (Wildman–Crippen LogP) is 2.45. The first-order valence-corrected chi connectivity index (χ1v) is 8.93. The van der Waals surface area contributed by atoms with Crippen LogP contribution in [0.2, 0.25) is 0 Å². The Labute approximate surface area is 137 Å². The molecule has 3 rings (SSSR count). The third-order valence-electron chi connectivity index (χ3n) is 3.38. The van der Waals surface area contributed by atoms with Crippen molar-refractivity contribution in [1.82, 2.24) is 14.7 Å². The van der Waals surface area contributed by atoms with Crippen molar-refractivity contribution in [1.29, 1.82) is 0 Å². The van der Waals surface area contributed by atoms with Crippen molar-refractivity contribution >= 4 is 29.2 Å². The second-order valence-electron chi connectivity index (χ2n) is 5.07. The number of aromatic nitrogens is 2. The summed E-state index contributed by atoms with van der Waals surface area (Å²) in [6.45, 7) is 2.26. The molecule has 1 atom stereocenters. The summed E-state index contributed by atoms with van der Waals surface area (Å²) in [7, 11) is 0. The number of rotatable bonds is 6. The van der Waals surface area contributed by atoms with Crippen LogP contribution in [0, 0.1) is 5.92 Å². The van der Waals surface area contributed by atoms with E-state index < -0.39 is 0 Å². The molecule has 2 heterocycles. The molecule has 116 valence electrons. The number of nitrogens with zero attached hydrogens (tertiary/aromatic N) is 2. The number of hydrogen-bond donors (Lipinski definition) is 1. The van der Waals surface area contributed by atoms with Crippen LogP contribution in [0.1, 0.15) is 6.42 Å². The molecule has 1 saturated heterocycles. The summed E-state index contributed by atoms with van der Waals surface area (Å²) in [5.74, 6) is 1.59. The number of ether oxygens (including phenoxy) is 1. The lowest BCUT2D eigenvalue weighted by Gasteiger charge is -2.08. The summed E-state index contributed by atoms with van der Waals surface area (Å²) in [6.07, 6.45) is 1.03. The van der Waals surface area contributed by atoms with Crippen molar-refractivity contribution in [3.63, 3.8) is 0 Å². The van der Waals surface area contributed by atoms with Crippen LogP contribution in [-0.2, 0) is 9.53 Å². The van der Waals surface area contributed by atoms with Gasteiger partial charge in [0.2, 0.25) is 5.91 Å². The van der Waals surface area contributed by atoms with Gasteiger partial charge in [0.15, 0.2) is 10.2 Å². The van der Waals surface area contributed by atoms with Gasteiger partial charge >= 0.3 is 0 Å². The van der Waals surface area contributed by atoms with Crippen LogP contribution >= 0.6 is 23.3 Å². The molecular formula is C15H17N3O2S2. The highest BCUT2D eigenvalue weighted by molar-refractivity contribution is 8.01. The Morgan fingerprint density at radius 2 is 2.27 bits per heavy atom. The Balaban J connectivity index is 1.45. The molecule has 1 aliphatic heterocycles. The highest BCUT2D eigenvalue weighted by Gasteiger charge is 2.16. The standard InChI is InChI=1S/C15H17N3O2S2/c19-13(16-8-11-6-7-20-9-11)10-21-15-17-14(18-22-15)12-4-2-1-3-5-12/h1-5,11H,6-10H2,(H,16,19)/t11-/m1/s1. The van der Waals surface area contributed by atoms with Gasteiger partial charge in [0.1, 0.15) is 0 Å². The molecular weight excluding hydrogens is 318 g/mol. The maximum Gasteiger partial charge on any atom is 0.230 e. The fraction of sp³-hybridized carbons (Fsp3) is 0.400. The van der Waals surface area contributed by atoms with Gasteiger partial charge in [-0.05, 0) is 18.0 Å². The van der Waals surface area contributed by atoms with Crippen molar-refractivity contribution in [2.24, 2.45) is 5.92 Å². The minimum Gasteiger partial charge on any atom is -0.381 e. The molecule has 1 fully saturated rings. The van der Waals surface area contributed by atoms with Crippen LogP contribution in [-0.4, -0.2) is 40.8 Å². The molecule has 0 saturated carbocycles. The van der Waals surface area contributed by atoms with Crippen LogP contribution < -0.4 is 5.32 Å². The quantitative estimate of drug-likeness (QED) is 0.822. The van der Waals surface area contributed by atoms with Crippen LogP contribution in [0.3, 0.4) is 0 Å². The predicted molar refractivity (Wildman–Crippen MR) is 88.0 cm³/mol. The number of carbonyl (C=O) groups is 1. The molecule has 0 aliphatic carbocycles. The maximum absolute atomic E-state index is 11.8. The number of amides is 1. The lowest BCUT2D eigenvalue weighted by Crippen LogP contribution is -2.30. The van der Waals surface area contributed by atoms with E-state index in [1.54, 1.807) is 0 Å². The van der Waals surface area contributed by atoms with Crippen molar-refractivity contribution in [2.45, 2.75) is 10.8 Å². The summed E-state index contributed by atoms with van der Waals surface area (Å²) in [4.78, 5) is 16.3. The molecule has 0 spiro atoms. The fourth-order valence-electron chi connectivity index (χ4n) is 2.15. The number of carbonyl (C=O) groups excluding carboxylic acids is 1. The van der Waals surface area contributed by atoms with Gasteiger partial charge in [-0.1, -0.05) is 42.1 Å². The Kier molecular flexibility index (Phi) is 5.42. The Morgan fingerprint density at radius 1 is 1.41 bits per heavy atom. The normalized spacial score (nSPS) is 17.5. The van der Waals surface area contributed by atoms with Crippen molar-refractivity contribution < 1.29 is 9.53 Å². The van der Waals surface area contributed by atoms with E-state index in [1.165, 1.54) is 23.3 Å². The molecule has 1 aromatic heterocycles. The lowest BCUT2D eigenvalue weighted by molar-refractivity contribution is -0.118. The number of thioether (sulfide) groups is 1. The number of nitrogens with one attached hydrogen (secondary N) is 1. The van der Waals surface area contributed by atoms with Gasteiger partial charge in [0, 0.05) is 24.6 Å². The summed E-state index contributed by atoms with van der Waals surface area (Å²) >= 11 is 2.76. The molecule has 1 aromatic carbocycles. The van der Waals surface area contributed by atoms with Gasteiger partial charge < -0.3 is 10.1 Å². The van der Waals surface area contributed by atoms with E-state index >= 15 is 0 Å². The van der Waals surface area contributed by atoms with Gasteiger partial charge in [-0.25, -0.2) is 4.98 Å². The monoisotopic (exact) mass is 335 g/mol. The number of benzene rings is 1. The molecule has 0 bridgehead atoms. The van der Waals surface area contributed by atoms with Crippen molar-refractivity contribution in [3.8, 4) is 11.4 Å². The SMILES string of the molecule is O=C(CSc1nc(-c2ccccc2)ns1)NC[C@H]1CCOC1. The molecule has 5 nitrogen and oxygen atoms in total. The van der Waals surface area contributed by atoms with E-state index in [9.17, 15) is 4.79 Å². The first kappa shape index (κ1) is 15.5. The largest absolute Gasteiger partial charge is 0.381 e. The summed E-state index contributed by atoms with van der Waals surface area (Å²) in [5.41, 5.74) is 0.997.